The van der Waals surface area contributed by atoms with Crippen molar-refractivity contribution in [2.75, 3.05) is 0 Å². The van der Waals surface area contributed by atoms with Gasteiger partial charge < -0.3 is 0 Å². The van der Waals surface area contributed by atoms with Crippen molar-refractivity contribution in [3.8, 4) is 0 Å². The normalized spacial score (nSPS) is 13.4. The molecule has 0 saturated carbocycles. The maximum atomic E-state index is 2.58. The predicted octanol–water partition coefficient (Wildman–Crippen LogP) is 6.10. The zero-order chi connectivity index (χ0) is 13.1. The smallest absolute Gasteiger partial charge is 0.0741 e. The van der Waals surface area contributed by atoms with Gasteiger partial charge in [-0.15, -0.1) is 0 Å². The maximum Gasteiger partial charge on any atom is 0.117 e. The Kier molecular flexibility index (Phi) is 11.2. The fraction of sp³-hybridized carbons (Fsp3) is 1.00. The first-order valence-electron chi connectivity index (χ1n) is 7.91. The summed E-state index contributed by atoms with van der Waals surface area (Å²) in [7, 11) is 2.58. The Morgan fingerprint density at radius 2 is 1.41 bits per heavy atom. The van der Waals surface area contributed by atoms with E-state index < -0.39 is 0 Å². The molecule has 0 aromatic rings. The van der Waals surface area contributed by atoms with Crippen molar-refractivity contribution >= 4 is 7.28 Å². The number of hydrogen-bond acceptors (Lipinski definition) is 0. The molecule has 0 rings (SSSR count). The molecule has 0 N–H and O–H groups in total. The molecule has 0 aliphatic carbocycles. The molecule has 0 saturated heterocycles. The molecular formula is C16H34B. The maximum absolute atomic E-state index is 2.58. The molecule has 0 aliphatic rings. The molecule has 0 aromatic heterocycles. The second-order valence-corrected chi connectivity index (χ2v) is 6.38. The highest BCUT2D eigenvalue weighted by Crippen LogP contribution is 2.26. The van der Waals surface area contributed by atoms with Gasteiger partial charge >= 0.3 is 0 Å². The molecule has 1 atom stereocenters. The van der Waals surface area contributed by atoms with Gasteiger partial charge in [-0.1, -0.05) is 97.6 Å². The molecule has 0 fully saturated rings. The molecule has 1 heteroatoms. The Balaban J connectivity index is 3.60. The Hall–Kier alpha value is 0.0649. The molecule has 101 valence electrons. The van der Waals surface area contributed by atoms with Crippen LogP contribution in [0.2, 0.25) is 11.6 Å². The summed E-state index contributed by atoms with van der Waals surface area (Å²) in [6.07, 6.45) is 11.4. The Morgan fingerprint density at radius 1 is 0.824 bits per heavy atom. The lowest BCUT2D eigenvalue weighted by Gasteiger charge is -2.20. The van der Waals surface area contributed by atoms with E-state index in [0.29, 0.717) is 0 Å². The van der Waals surface area contributed by atoms with Crippen LogP contribution in [0.5, 0.6) is 0 Å². The molecule has 0 aliphatic heterocycles. The van der Waals surface area contributed by atoms with E-state index in [4.69, 9.17) is 0 Å². The molecule has 1 radical (unpaired) electrons. The summed E-state index contributed by atoms with van der Waals surface area (Å²) in [6, 6.07) is 0. The average molecular weight is 237 g/mol. The van der Waals surface area contributed by atoms with Crippen LogP contribution < -0.4 is 0 Å². The molecule has 0 aromatic carbocycles. The summed E-state index contributed by atoms with van der Waals surface area (Å²) in [5.41, 5.74) is 0. The lowest BCUT2D eigenvalue weighted by Crippen LogP contribution is -2.10. The van der Waals surface area contributed by atoms with E-state index in [9.17, 15) is 0 Å². The second kappa shape index (κ2) is 11.2. The summed E-state index contributed by atoms with van der Waals surface area (Å²) in [5.74, 6) is 2.45. The molecule has 17 heavy (non-hydrogen) atoms. The molecule has 0 amide bonds. The average Bonchev–Trinajstić information content (AvgIpc) is 2.21. The monoisotopic (exact) mass is 237 g/mol. The first-order valence-corrected chi connectivity index (χ1v) is 7.91. The summed E-state index contributed by atoms with van der Waals surface area (Å²) < 4.78 is 0. The van der Waals surface area contributed by atoms with Gasteiger partial charge in [0.15, 0.2) is 0 Å². The van der Waals surface area contributed by atoms with Crippen LogP contribution in [0.4, 0.5) is 0 Å². The van der Waals surface area contributed by atoms with E-state index in [1.165, 1.54) is 51.4 Å². The SMILES string of the molecule is CCCCCCCCC([B]C(C)C)CC(C)C. The third kappa shape index (κ3) is 12.3. The van der Waals surface area contributed by atoms with Gasteiger partial charge in [0.2, 0.25) is 0 Å². The van der Waals surface area contributed by atoms with Crippen LogP contribution in [-0.2, 0) is 0 Å². The highest BCUT2D eigenvalue weighted by atomic mass is 14.1. The first-order chi connectivity index (χ1) is 8.06. The van der Waals surface area contributed by atoms with Crippen LogP contribution in [0, 0.1) is 5.92 Å². The van der Waals surface area contributed by atoms with Crippen LogP contribution >= 0.6 is 0 Å². The lowest BCUT2D eigenvalue weighted by molar-refractivity contribution is 0.503. The van der Waals surface area contributed by atoms with Gasteiger partial charge in [-0.3, -0.25) is 0 Å². The lowest BCUT2D eigenvalue weighted by atomic mass is 9.53. The Morgan fingerprint density at radius 3 is 1.94 bits per heavy atom. The van der Waals surface area contributed by atoms with Gasteiger partial charge in [-0.2, -0.15) is 0 Å². The summed E-state index contributed by atoms with van der Waals surface area (Å²) >= 11 is 0. The van der Waals surface area contributed by atoms with Crippen molar-refractivity contribution in [1.29, 1.82) is 0 Å². The van der Waals surface area contributed by atoms with E-state index in [2.05, 4.69) is 41.9 Å². The van der Waals surface area contributed by atoms with Gasteiger partial charge in [0, 0.05) is 0 Å². The van der Waals surface area contributed by atoms with Crippen molar-refractivity contribution in [3.63, 3.8) is 0 Å². The minimum Gasteiger partial charge on any atom is -0.0741 e. The largest absolute Gasteiger partial charge is 0.117 e. The van der Waals surface area contributed by atoms with Crippen molar-refractivity contribution in [1.82, 2.24) is 0 Å². The number of rotatable bonds is 11. The quantitative estimate of drug-likeness (QED) is 0.300. The number of hydrogen-bond donors (Lipinski definition) is 0. The molecule has 0 nitrogen and oxygen atoms in total. The van der Waals surface area contributed by atoms with Gasteiger partial charge in [-0.25, -0.2) is 0 Å². The van der Waals surface area contributed by atoms with Crippen LogP contribution in [0.1, 0.15) is 86.0 Å². The van der Waals surface area contributed by atoms with Crippen molar-refractivity contribution in [3.05, 3.63) is 0 Å². The second-order valence-electron chi connectivity index (χ2n) is 6.38. The molecular weight excluding hydrogens is 203 g/mol. The Bertz CT molecular complexity index is 142. The van der Waals surface area contributed by atoms with Gasteiger partial charge in [-0.05, 0) is 5.92 Å². The third-order valence-electron chi connectivity index (χ3n) is 3.36. The minimum absolute atomic E-state index is 0.749. The fourth-order valence-electron chi connectivity index (χ4n) is 2.63. The molecule has 1 unspecified atom stereocenters. The molecule has 0 bridgehead atoms. The molecule has 0 spiro atoms. The third-order valence-corrected chi connectivity index (χ3v) is 3.36. The zero-order valence-corrected chi connectivity index (χ0v) is 13.0. The minimum atomic E-state index is 0.749. The standard InChI is InChI=1S/C16H34B/c1-6-7-8-9-10-11-12-16(13-14(2)3)17-15(4)5/h14-16H,6-13H2,1-5H3. The van der Waals surface area contributed by atoms with Gasteiger partial charge in [0.05, 0.1) is 0 Å². The predicted molar refractivity (Wildman–Crippen MR) is 82.1 cm³/mol. The van der Waals surface area contributed by atoms with E-state index >= 15 is 0 Å². The summed E-state index contributed by atoms with van der Waals surface area (Å²) in [6.45, 7) is 11.6. The van der Waals surface area contributed by atoms with Crippen LogP contribution in [0.25, 0.3) is 0 Å². The Labute approximate surface area is 111 Å². The first kappa shape index (κ1) is 17.1. The van der Waals surface area contributed by atoms with E-state index in [-0.39, 0.29) is 0 Å². The van der Waals surface area contributed by atoms with Crippen molar-refractivity contribution < 1.29 is 0 Å². The van der Waals surface area contributed by atoms with Crippen LogP contribution in [0.3, 0.4) is 0 Å². The number of unbranched alkanes of at least 4 members (excludes halogenated alkanes) is 5. The highest BCUT2D eigenvalue weighted by molar-refractivity contribution is 6.39. The highest BCUT2D eigenvalue weighted by Gasteiger charge is 2.13. The van der Waals surface area contributed by atoms with Crippen molar-refractivity contribution in [2.45, 2.75) is 97.6 Å². The van der Waals surface area contributed by atoms with E-state index in [0.717, 1.165) is 17.6 Å². The van der Waals surface area contributed by atoms with Gasteiger partial charge in [0.25, 0.3) is 0 Å². The van der Waals surface area contributed by atoms with E-state index in [1.54, 1.807) is 0 Å². The van der Waals surface area contributed by atoms with Crippen LogP contribution in [0.15, 0.2) is 0 Å². The molecule has 0 heterocycles. The van der Waals surface area contributed by atoms with Crippen molar-refractivity contribution in [2.24, 2.45) is 5.92 Å². The van der Waals surface area contributed by atoms with E-state index in [1.807, 2.05) is 0 Å². The zero-order valence-electron chi connectivity index (χ0n) is 13.0. The van der Waals surface area contributed by atoms with Gasteiger partial charge in [0.1, 0.15) is 7.28 Å². The fourth-order valence-corrected chi connectivity index (χ4v) is 2.63. The summed E-state index contributed by atoms with van der Waals surface area (Å²) in [4.78, 5) is 0. The summed E-state index contributed by atoms with van der Waals surface area (Å²) in [5, 5.41) is 0. The van der Waals surface area contributed by atoms with Crippen LogP contribution in [-0.4, -0.2) is 7.28 Å². The topological polar surface area (TPSA) is 0 Å².